The molecule has 0 radical (unpaired) electrons. The first kappa shape index (κ1) is 23.0. The van der Waals surface area contributed by atoms with Gasteiger partial charge >= 0.3 is 0 Å². The molecular formula is C22H37N5O2. The van der Waals surface area contributed by atoms with Gasteiger partial charge in [0, 0.05) is 52.7 Å². The van der Waals surface area contributed by atoms with Crippen LogP contribution in [-0.2, 0) is 4.79 Å². The van der Waals surface area contributed by atoms with Crippen LogP contribution < -0.4 is 15.4 Å². The average Bonchev–Trinajstić information content (AvgIpc) is 2.70. The van der Waals surface area contributed by atoms with Crippen molar-refractivity contribution in [1.82, 2.24) is 20.4 Å². The molecule has 29 heavy (non-hydrogen) atoms. The van der Waals surface area contributed by atoms with Crippen molar-refractivity contribution in [1.29, 1.82) is 0 Å². The van der Waals surface area contributed by atoms with Gasteiger partial charge in [0.25, 0.3) is 0 Å². The van der Waals surface area contributed by atoms with Crippen LogP contribution in [-0.4, -0.2) is 81.1 Å². The number of piperidine rings is 1. The van der Waals surface area contributed by atoms with Crippen molar-refractivity contribution < 1.29 is 9.53 Å². The third-order valence-electron chi connectivity index (χ3n) is 5.05. The monoisotopic (exact) mass is 403 g/mol. The summed E-state index contributed by atoms with van der Waals surface area (Å²) in [5.41, 5.74) is 1.16. The van der Waals surface area contributed by atoms with Crippen molar-refractivity contribution in [2.24, 2.45) is 4.99 Å². The van der Waals surface area contributed by atoms with Crippen molar-refractivity contribution in [3.63, 3.8) is 0 Å². The van der Waals surface area contributed by atoms with Gasteiger partial charge in [-0.2, -0.15) is 0 Å². The molecule has 0 saturated carbocycles. The number of benzene rings is 1. The number of aryl methyl sites for hydroxylation is 1. The van der Waals surface area contributed by atoms with Gasteiger partial charge in [0.2, 0.25) is 5.91 Å². The van der Waals surface area contributed by atoms with Crippen LogP contribution in [0, 0.1) is 6.92 Å². The quantitative estimate of drug-likeness (QED) is 0.374. The van der Waals surface area contributed by atoms with E-state index in [1.807, 2.05) is 32.3 Å². The van der Waals surface area contributed by atoms with Crippen molar-refractivity contribution >= 4 is 11.9 Å². The Morgan fingerprint density at radius 1 is 1.28 bits per heavy atom. The molecule has 1 amide bonds. The SMILES string of the molecule is CCNC(=NCCCOc1ccccc1C)NC1CCN(CC(=O)N(C)C)CC1. The molecule has 1 heterocycles. The van der Waals surface area contributed by atoms with Gasteiger partial charge in [-0.3, -0.25) is 14.7 Å². The lowest BCUT2D eigenvalue weighted by Gasteiger charge is -2.33. The predicted molar refractivity (Wildman–Crippen MR) is 119 cm³/mol. The first-order chi connectivity index (χ1) is 14.0. The van der Waals surface area contributed by atoms with Gasteiger partial charge < -0.3 is 20.3 Å². The number of hydrogen-bond acceptors (Lipinski definition) is 4. The van der Waals surface area contributed by atoms with Gasteiger partial charge in [0.15, 0.2) is 5.96 Å². The fourth-order valence-corrected chi connectivity index (χ4v) is 3.24. The number of para-hydroxylation sites is 1. The Labute approximate surface area is 175 Å². The number of nitrogens with zero attached hydrogens (tertiary/aromatic N) is 3. The number of guanidine groups is 1. The highest BCUT2D eigenvalue weighted by molar-refractivity contribution is 5.80. The smallest absolute Gasteiger partial charge is 0.236 e. The molecule has 7 heteroatoms. The van der Waals surface area contributed by atoms with Crippen molar-refractivity contribution in [3.8, 4) is 5.75 Å². The van der Waals surface area contributed by atoms with E-state index in [2.05, 4.69) is 35.4 Å². The van der Waals surface area contributed by atoms with Crippen LogP contribution in [0.5, 0.6) is 5.75 Å². The van der Waals surface area contributed by atoms with Gasteiger partial charge in [0.05, 0.1) is 13.2 Å². The van der Waals surface area contributed by atoms with E-state index in [1.54, 1.807) is 4.90 Å². The Hall–Kier alpha value is -2.28. The Morgan fingerprint density at radius 2 is 2.00 bits per heavy atom. The molecule has 0 atom stereocenters. The number of ether oxygens (including phenoxy) is 1. The maximum absolute atomic E-state index is 11.9. The normalized spacial score (nSPS) is 15.8. The summed E-state index contributed by atoms with van der Waals surface area (Å²) in [7, 11) is 3.61. The number of carbonyl (C=O) groups excluding carboxylic acids is 1. The van der Waals surface area contributed by atoms with E-state index in [-0.39, 0.29) is 5.91 Å². The maximum Gasteiger partial charge on any atom is 0.236 e. The number of likely N-dealkylation sites (tertiary alicyclic amines) is 1. The van der Waals surface area contributed by atoms with E-state index in [0.717, 1.165) is 62.7 Å². The molecule has 1 aliphatic rings. The topological polar surface area (TPSA) is 69.2 Å². The van der Waals surface area contributed by atoms with Gasteiger partial charge in [-0.1, -0.05) is 18.2 Å². The number of rotatable bonds is 9. The fourth-order valence-electron chi connectivity index (χ4n) is 3.24. The number of likely N-dealkylation sites (N-methyl/N-ethyl adjacent to an activating group) is 1. The minimum absolute atomic E-state index is 0.166. The van der Waals surface area contributed by atoms with E-state index < -0.39 is 0 Å². The van der Waals surface area contributed by atoms with E-state index in [4.69, 9.17) is 9.73 Å². The number of carbonyl (C=O) groups is 1. The van der Waals surface area contributed by atoms with Gasteiger partial charge in [0.1, 0.15) is 5.75 Å². The lowest BCUT2D eigenvalue weighted by atomic mass is 10.1. The molecule has 0 bridgehead atoms. The summed E-state index contributed by atoms with van der Waals surface area (Å²) >= 11 is 0. The van der Waals surface area contributed by atoms with Crippen molar-refractivity contribution in [3.05, 3.63) is 29.8 Å². The molecule has 0 aliphatic carbocycles. The van der Waals surface area contributed by atoms with Crippen molar-refractivity contribution in [2.45, 2.75) is 39.2 Å². The molecule has 0 unspecified atom stereocenters. The summed E-state index contributed by atoms with van der Waals surface area (Å²) < 4.78 is 5.84. The highest BCUT2D eigenvalue weighted by Crippen LogP contribution is 2.16. The van der Waals surface area contributed by atoms with Crippen LogP contribution in [0.4, 0.5) is 0 Å². The van der Waals surface area contributed by atoms with Crippen LogP contribution in [0.15, 0.2) is 29.3 Å². The number of nitrogens with one attached hydrogen (secondary N) is 2. The van der Waals surface area contributed by atoms with Gasteiger partial charge in [-0.25, -0.2) is 0 Å². The lowest BCUT2D eigenvalue weighted by Crippen LogP contribution is -2.50. The third kappa shape index (κ3) is 8.31. The van der Waals surface area contributed by atoms with Crippen LogP contribution in [0.2, 0.25) is 0 Å². The lowest BCUT2D eigenvalue weighted by molar-refractivity contribution is -0.130. The molecule has 2 N–H and O–H groups in total. The first-order valence-electron chi connectivity index (χ1n) is 10.7. The van der Waals surface area contributed by atoms with E-state index in [9.17, 15) is 4.79 Å². The minimum Gasteiger partial charge on any atom is -0.493 e. The van der Waals surface area contributed by atoms with Crippen LogP contribution in [0.25, 0.3) is 0 Å². The highest BCUT2D eigenvalue weighted by atomic mass is 16.5. The molecule has 1 aliphatic heterocycles. The Bertz CT molecular complexity index is 654. The zero-order chi connectivity index (χ0) is 21.1. The van der Waals surface area contributed by atoms with Crippen molar-refractivity contribution in [2.75, 3.05) is 53.4 Å². The zero-order valence-corrected chi connectivity index (χ0v) is 18.4. The summed E-state index contributed by atoms with van der Waals surface area (Å²) in [6.07, 6.45) is 2.90. The fraction of sp³-hybridized carbons (Fsp3) is 0.636. The summed E-state index contributed by atoms with van der Waals surface area (Å²) in [6.45, 7) is 8.72. The molecule has 162 valence electrons. The molecule has 1 aromatic carbocycles. The maximum atomic E-state index is 11.9. The number of aliphatic imine (C=N–C) groups is 1. The largest absolute Gasteiger partial charge is 0.493 e. The molecule has 7 nitrogen and oxygen atoms in total. The summed E-state index contributed by atoms with van der Waals surface area (Å²) in [5.74, 6) is 1.98. The average molecular weight is 404 g/mol. The highest BCUT2D eigenvalue weighted by Gasteiger charge is 2.21. The molecule has 1 fully saturated rings. The van der Waals surface area contributed by atoms with Gasteiger partial charge in [-0.05, 0) is 38.3 Å². The van der Waals surface area contributed by atoms with Crippen LogP contribution in [0.3, 0.4) is 0 Å². The zero-order valence-electron chi connectivity index (χ0n) is 18.4. The molecule has 0 aromatic heterocycles. The number of amides is 1. The summed E-state index contributed by atoms with van der Waals surface area (Å²) in [5, 5.41) is 6.88. The second kappa shape index (κ2) is 12.3. The molecule has 1 aromatic rings. The van der Waals surface area contributed by atoms with E-state index in [1.165, 1.54) is 0 Å². The minimum atomic E-state index is 0.166. The van der Waals surface area contributed by atoms with Crippen LogP contribution >= 0.6 is 0 Å². The Balaban J connectivity index is 1.71. The third-order valence-corrected chi connectivity index (χ3v) is 5.05. The molecule has 2 rings (SSSR count). The molecule has 1 saturated heterocycles. The number of hydrogen-bond donors (Lipinski definition) is 2. The Kier molecular flexibility index (Phi) is 9.77. The molecule has 0 spiro atoms. The molecular weight excluding hydrogens is 366 g/mol. The van der Waals surface area contributed by atoms with E-state index in [0.29, 0.717) is 19.2 Å². The predicted octanol–water partition coefficient (Wildman–Crippen LogP) is 1.87. The second-order valence-corrected chi connectivity index (χ2v) is 7.71. The summed E-state index contributed by atoms with van der Waals surface area (Å²) in [6, 6.07) is 8.47. The first-order valence-corrected chi connectivity index (χ1v) is 10.7. The van der Waals surface area contributed by atoms with E-state index >= 15 is 0 Å². The van der Waals surface area contributed by atoms with Gasteiger partial charge in [-0.15, -0.1) is 0 Å². The second-order valence-electron chi connectivity index (χ2n) is 7.71. The van der Waals surface area contributed by atoms with Crippen LogP contribution in [0.1, 0.15) is 31.7 Å². The Morgan fingerprint density at radius 3 is 2.66 bits per heavy atom. The summed E-state index contributed by atoms with van der Waals surface area (Å²) in [4.78, 5) is 20.4. The standard InChI is InChI=1S/C22H37N5O2/c1-5-23-22(24-13-8-16-29-20-10-7-6-9-18(20)2)25-19-11-14-27(15-12-19)17-21(28)26(3)4/h6-7,9-10,19H,5,8,11-17H2,1-4H3,(H2,23,24,25).